The highest BCUT2D eigenvalue weighted by molar-refractivity contribution is 5.82. The molecule has 2 aliphatic heterocycles. The molecule has 224 valence electrons. The second-order valence-electron chi connectivity index (χ2n) is 9.89. The van der Waals surface area contributed by atoms with Crippen LogP contribution in [0.3, 0.4) is 0 Å². The zero-order valence-corrected chi connectivity index (χ0v) is 22.9. The summed E-state index contributed by atoms with van der Waals surface area (Å²) in [5.41, 5.74) is 0. The second kappa shape index (κ2) is 18.8. The lowest BCUT2D eigenvalue weighted by Crippen LogP contribution is -2.59. The Labute approximate surface area is 235 Å². The minimum absolute atomic E-state index is 0.183. The van der Waals surface area contributed by atoms with E-state index >= 15 is 0 Å². The number of aliphatic hydroxyl groups excluding tert-OH is 6. The van der Waals surface area contributed by atoms with Gasteiger partial charge in [0, 0.05) is 12.5 Å². The number of carbonyl (C=O) groups excluding carboxylic acids is 1. The Morgan fingerprint density at radius 2 is 1.57 bits per heavy atom. The molecule has 0 aromatic rings. The fourth-order valence-electron chi connectivity index (χ4n) is 4.10. The highest BCUT2D eigenvalue weighted by Crippen LogP contribution is 2.24. The molecule has 0 saturated carbocycles. The Kier molecular flexibility index (Phi) is 15.9. The molecule has 2 aliphatic rings. The van der Waals surface area contributed by atoms with Crippen molar-refractivity contribution in [2.24, 2.45) is 0 Å². The number of carbonyl (C=O) groups is 1. The van der Waals surface area contributed by atoms with Crippen LogP contribution in [-0.2, 0) is 19.0 Å². The SMILES string of the molecule is C[C@@H]1CCC/C=C/C=C/[C@H](O)C[C@@H](O)C/C=C/C=C/[C@@H](O[C@@H]2O[C@H](CO)[C@H](O)[C@H](O)[C@H]2O)C/C=C/C=C\C(=O)O1. The van der Waals surface area contributed by atoms with Crippen molar-refractivity contribution >= 4 is 5.97 Å². The van der Waals surface area contributed by atoms with E-state index in [1.54, 1.807) is 54.7 Å². The summed E-state index contributed by atoms with van der Waals surface area (Å²) in [7, 11) is 0. The smallest absolute Gasteiger partial charge is 0.331 e. The van der Waals surface area contributed by atoms with Gasteiger partial charge in [0.2, 0.25) is 0 Å². The molecule has 0 aliphatic carbocycles. The molecule has 0 amide bonds. The fourth-order valence-corrected chi connectivity index (χ4v) is 4.10. The summed E-state index contributed by atoms with van der Waals surface area (Å²) < 4.78 is 16.7. The minimum Gasteiger partial charge on any atom is -0.460 e. The number of hydrogen-bond donors (Lipinski definition) is 6. The van der Waals surface area contributed by atoms with Gasteiger partial charge in [-0.25, -0.2) is 4.79 Å². The quantitative estimate of drug-likeness (QED) is 0.277. The van der Waals surface area contributed by atoms with Gasteiger partial charge in [0.05, 0.1) is 31.0 Å². The normalized spacial score (nSPS) is 40.6. The molecule has 0 aromatic carbocycles. The number of esters is 1. The molecule has 0 radical (unpaired) electrons. The molecule has 2 rings (SSSR count). The van der Waals surface area contributed by atoms with Crippen molar-refractivity contribution in [3.63, 3.8) is 0 Å². The molecule has 6 N–H and O–H groups in total. The lowest BCUT2D eigenvalue weighted by Gasteiger charge is -2.40. The molecule has 0 unspecified atom stereocenters. The van der Waals surface area contributed by atoms with Gasteiger partial charge in [-0.3, -0.25) is 0 Å². The number of ether oxygens (including phenoxy) is 3. The third kappa shape index (κ3) is 12.8. The van der Waals surface area contributed by atoms with Crippen molar-refractivity contribution in [2.75, 3.05) is 6.61 Å². The largest absolute Gasteiger partial charge is 0.460 e. The Hall–Kier alpha value is -2.41. The summed E-state index contributed by atoms with van der Waals surface area (Å²) in [4.78, 5) is 12.1. The number of rotatable bonds is 3. The van der Waals surface area contributed by atoms with Crippen molar-refractivity contribution in [1.82, 2.24) is 0 Å². The van der Waals surface area contributed by atoms with E-state index in [1.165, 1.54) is 6.08 Å². The molecule has 1 fully saturated rings. The number of aliphatic hydroxyl groups is 6. The van der Waals surface area contributed by atoms with Gasteiger partial charge in [-0.1, -0.05) is 66.8 Å². The predicted octanol–water partition coefficient (Wildman–Crippen LogP) is 1.52. The van der Waals surface area contributed by atoms with Crippen LogP contribution in [0.15, 0.2) is 72.9 Å². The average molecular weight is 565 g/mol. The molecular formula is C30H44O10. The third-order valence-electron chi connectivity index (χ3n) is 6.38. The van der Waals surface area contributed by atoms with Crippen molar-refractivity contribution in [3.05, 3.63) is 72.9 Å². The van der Waals surface area contributed by atoms with Crippen LogP contribution in [0.2, 0.25) is 0 Å². The number of hydrogen-bond acceptors (Lipinski definition) is 10. The molecule has 0 aromatic heterocycles. The van der Waals surface area contributed by atoms with E-state index in [1.807, 2.05) is 19.1 Å². The fraction of sp³-hybridized carbons (Fsp3) is 0.567. The van der Waals surface area contributed by atoms with Crippen LogP contribution < -0.4 is 0 Å². The highest BCUT2D eigenvalue weighted by atomic mass is 16.7. The molecule has 0 spiro atoms. The van der Waals surface area contributed by atoms with Crippen molar-refractivity contribution in [1.29, 1.82) is 0 Å². The van der Waals surface area contributed by atoms with Crippen LogP contribution in [-0.4, -0.2) is 98.3 Å². The van der Waals surface area contributed by atoms with E-state index in [0.29, 0.717) is 19.3 Å². The first kappa shape index (κ1) is 33.8. The predicted molar refractivity (Wildman–Crippen MR) is 149 cm³/mol. The summed E-state index contributed by atoms with van der Waals surface area (Å²) in [5.74, 6) is -0.458. The van der Waals surface area contributed by atoms with Gasteiger partial charge < -0.3 is 44.8 Å². The van der Waals surface area contributed by atoms with E-state index in [2.05, 4.69) is 0 Å². The van der Waals surface area contributed by atoms with Crippen LogP contribution in [0.25, 0.3) is 0 Å². The first-order chi connectivity index (χ1) is 19.2. The maximum atomic E-state index is 12.1. The van der Waals surface area contributed by atoms with Crippen LogP contribution in [0.4, 0.5) is 0 Å². The maximum Gasteiger partial charge on any atom is 0.331 e. The molecule has 1 saturated heterocycles. The summed E-state index contributed by atoms with van der Waals surface area (Å²) >= 11 is 0. The molecule has 10 nitrogen and oxygen atoms in total. The van der Waals surface area contributed by atoms with E-state index in [-0.39, 0.29) is 12.5 Å². The van der Waals surface area contributed by atoms with Crippen LogP contribution in [0.1, 0.15) is 45.4 Å². The summed E-state index contributed by atoms with van der Waals surface area (Å²) in [6.07, 6.45) is 13.9. The Bertz CT molecular complexity index is 906. The van der Waals surface area contributed by atoms with Gasteiger partial charge in [0.1, 0.15) is 24.4 Å². The van der Waals surface area contributed by atoms with Gasteiger partial charge in [0.15, 0.2) is 6.29 Å². The number of allylic oxidation sites excluding steroid dienone is 7. The van der Waals surface area contributed by atoms with Gasteiger partial charge >= 0.3 is 5.97 Å². The van der Waals surface area contributed by atoms with Crippen LogP contribution in [0, 0.1) is 0 Å². The maximum absolute atomic E-state index is 12.1. The lowest BCUT2D eigenvalue weighted by atomic mass is 9.99. The van der Waals surface area contributed by atoms with Gasteiger partial charge in [0.25, 0.3) is 0 Å². The summed E-state index contributed by atoms with van der Waals surface area (Å²) in [5, 5.41) is 60.2. The summed E-state index contributed by atoms with van der Waals surface area (Å²) in [6.45, 7) is 1.26. The van der Waals surface area contributed by atoms with Crippen molar-refractivity contribution in [3.8, 4) is 0 Å². The van der Waals surface area contributed by atoms with Crippen LogP contribution >= 0.6 is 0 Å². The Morgan fingerprint density at radius 3 is 2.35 bits per heavy atom. The van der Waals surface area contributed by atoms with Crippen molar-refractivity contribution in [2.45, 2.75) is 101 Å². The zero-order valence-electron chi connectivity index (χ0n) is 22.9. The van der Waals surface area contributed by atoms with Crippen LogP contribution in [0.5, 0.6) is 0 Å². The molecule has 10 heteroatoms. The molecule has 9 atom stereocenters. The van der Waals surface area contributed by atoms with Gasteiger partial charge in [-0.15, -0.1) is 0 Å². The van der Waals surface area contributed by atoms with Crippen molar-refractivity contribution < 1.29 is 49.6 Å². The Morgan fingerprint density at radius 1 is 0.875 bits per heavy atom. The second-order valence-corrected chi connectivity index (χ2v) is 9.89. The van der Waals surface area contributed by atoms with E-state index < -0.39 is 61.6 Å². The third-order valence-corrected chi connectivity index (χ3v) is 6.38. The topological polar surface area (TPSA) is 166 Å². The number of cyclic esters (lactones) is 1. The molecule has 2 heterocycles. The summed E-state index contributed by atoms with van der Waals surface area (Å²) in [6, 6.07) is 0. The monoisotopic (exact) mass is 564 g/mol. The van der Waals surface area contributed by atoms with E-state index in [4.69, 9.17) is 14.2 Å². The van der Waals surface area contributed by atoms with Gasteiger partial charge in [-0.2, -0.15) is 0 Å². The molecule has 0 bridgehead atoms. The molecule has 40 heavy (non-hydrogen) atoms. The first-order valence-corrected chi connectivity index (χ1v) is 13.7. The lowest BCUT2D eigenvalue weighted by molar-refractivity contribution is -0.307. The Balaban J connectivity index is 2.12. The minimum atomic E-state index is -1.57. The average Bonchev–Trinajstić information content (AvgIpc) is 2.91. The van der Waals surface area contributed by atoms with E-state index in [0.717, 1.165) is 12.8 Å². The van der Waals surface area contributed by atoms with Gasteiger partial charge in [-0.05, 0) is 39.0 Å². The van der Waals surface area contributed by atoms with E-state index in [9.17, 15) is 35.4 Å². The molecular weight excluding hydrogens is 520 g/mol. The zero-order chi connectivity index (χ0) is 29.3. The first-order valence-electron chi connectivity index (χ1n) is 13.7. The standard InChI is InChI=1S/C30H44O10/c1-21-13-7-3-2-4-8-14-22(32)19-23(33)15-9-5-10-16-24(17-11-6-12-18-26(34)38-21)39-30-29(37)28(36)27(35)25(20-31)40-30/h2,4-6,8-12,14,16,18,21-25,27-33,35-37H,3,7,13,15,17,19-20H2,1H3/b4-2+,9-5+,11-6+,14-8+,16-10+,18-12-/t21-,22+,23+,24-,25-,27+,28+,29-,30-/m1/s1. The highest BCUT2D eigenvalue weighted by Gasteiger charge is 2.44.